The van der Waals surface area contributed by atoms with Crippen LogP contribution in [0.5, 0.6) is 0 Å². The number of rotatable bonds is 7. The summed E-state index contributed by atoms with van der Waals surface area (Å²) in [5, 5.41) is 11.3. The van der Waals surface area contributed by atoms with Gasteiger partial charge in [-0.3, -0.25) is 19.8 Å². The first kappa shape index (κ1) is 19.4. The highest BCUT2D eigenvalue weighted by atomic mass is 16.3. The zero-order chi connectivity index (χ0) is 17.6. The van der Waals surface area contributed by atoms with E-state index >= 15 is 0 Å². The Balaban J connectivity index is 2.82. The number of carbonyl (C=O) groups excluding carboxylic acids is 3. The quantitative estimate of drug-likeness (QED) is 0.425. The van der Waals surface area contributed by atoms with Crippen molar-refractivity contribution in [1.29, 1.82) is 0 Å². The molecule has 8 heteroatoms. The minimum atomic E-state index is -1.54. The topological polar surface area (TPSA) is 116 Å². The third kappa shape index (κ3) is 4.65. The molecule has 0 bridgehead atoms. The van der Waals surface area contributed by atoms with E-state index in [4.69, 9.17) is 5.73 Å². The summed E-state index contributed by atoms with van der Waals surface area (Å²) in [6, 6.07) is -1.28. The van der Waals surface area contributed by atoms with Crippen molar-refractivity contribution < 1.29 is 19.5 Å². The molecule has 8 nitrogen and oxygen atoms in total. The van der Waals surface area contributed by atoms with Crippen LogP contribution < -0.4 is 11.2 Å². The number of likely N-dealkylation sites (tertiary alicyclic amines) is 1. The number of nitrogens with one attached hydrogen (secondary N) is 1. The second-order valence-corrected chi connectivity index (χ2v) is 5.98. The second kappa shape index (κ2) is 8.26. The molecule has 1 heterocycles. The van der Waals surface area contributed by atoms with Gasteiger partial charge < -0.3 is 15.7 Å². The Bertz CT molecular complexity index is 445. The average Bonchev–Trinajstić information content (AvgIpc) is 2.54. The number of nitrogens with zero attached hydrogens (tertiary/aromatic N) is 2. The predicted molar refractivity (Wildman–Crippen MR) is 84.9 cm³/mol. The standard InChI is InChI=1S/C15H28N4O4/c1-4-15(23,5-2)14(22)17-18(3)11(12(16)20)13(21)19-9-7-6-8-10-19/h11,23H,4-10H2,1-3H3,(H2,16,20)(H,17,22). The molecule has 1 atom stereocenters. The fourth-order valence-electron chi connectivity index (χ4n) is 2.67. The zero-order valence-corrected chi connectivity index (χ0v) is 14.2. The van der Waals surface area contributed by atoms with Crippen LogP contribution in [0.2, 0.25) is 0 Å². The number of likely N-dealkylation sites (N-methyl/N-ethyl adjacent to an activating group) is 1. The van der Waals surface area contributed by atoms with E-state index in [-0.39, 0.29) is 12.8 Å². The van der Waals surface area contributed by atoms with Crippen LogP contribution in [0.4, 0.5) is 0 Å². The van der Waals surface area contributed by atoms with Crippen molar-refractivity contribution >= 4 is 17.7 Å². The molecule has 0 aromatic carbocycles. The molecule has 0 spiro atoms. The maximum absolute atomic E-state index is 12.5. The van der Waals surface area contributed by atoms with Gasteiger partial charge in [0.25, 0.3) is 11.8 Å². The van der Waals surface area contributed by atoms with Gasteiger partial charge in [-0.05, 0) is 32.1 Å². The molecule has 1 aliphatic rings. The normalized spacial score (nSPS) is 17.0. The van der Waals surface area contributed by atoms with Crippen molar-refractivity contribution in [3.63, 3.8) is 0 Å². The van der Waals surface area contributed by atoms with E-state index in [2.05, 4.69) is 5.43 Å². The summed E-state index contributed by atoms with van der Waals surface area (Å²) in [6.45, 7) is 4.54. The highest BCUT2D eigenvalue weighted by Crippen LogP contribution is 2.16. The molecule has 132 valence electrons. The van der Waals surface area contributed by atoms with Crippen LogP contribution in [0.15, 0.2) is 0 Å². The highest BCUT2D eigenvalue weighted by Gasteiger charge is 2.38. The third-order valence-corrected chi connectivity index (χ3v) is 4.43. The number of hydrogen-bond acceptors (Lipinski definition) is 5. The number of piperidine rings is 1. The molecule has 1 fully saturated rings. The van der Waals surface area contributed by atoms with Crippen molar-refractivity contribution in [2.45, 2.75) is 57.6 Å². The molecule has 1 unspecified atom stereocenters. The van der Waals surface area contributed by atoms with E-state index in [9.17, 15) is 19.5 Å². The van der Waals surface area contributed by atoms with Crippen LogP contribution >= 0.6 is 0 Å². The van der Waals surface area contributed by atoms with E-state index in [0.717, 1.165) is 24.3 Å². The lowest BCUT2D eigenvalue weighted by Crippen LogP contribution is -2.62. The molecule has 0 aromatic heterocycles. The summed E-state index contributed by atoms with van der Waals surface area (Å²) in [6.07, 6.45) is 3.28. The lowest BCUT2D eigenvalue weighted by atomic mass is 9.97. The van der Waals surface area contributed by atoms with Crippen molar-refractivity contribution in [1.82, 2.24) is 15.3 Å². The molecular formula is C15H28N4O4. The van der Waals surface area contributed by atoms with Crippen molar-refractivity contribution in [3.8, 4) is 0 Å². The largest absolute Gasteiger partial charge is 0.380 e. The number of hydrazine groups is 1. The van der Waals surface area contributed by atoms with Crippen molar-refractivity contribution in [3.05, 3.63) is 0 Å². The maximum Gasteiger partial charge on any atom is 0.266 e. The van der Waals surface area contributed by atoms with E-state index in [1.54, 1.807) is 18.7 Å². The first-order valence-corrected chi connectivity index (χ1v) is 8.11. The van der Waals surface area contributed by atoms with Gasteiger partial charge in [-0.15, -0.1) is 0 Å². The lowest BCUT2D eigenvalue weighted by molar-refractivity contribution is -0.152. The predicted octanol–water partition coefficient (Wildman–Crippen LogP) is -0.633. The summed E-state index contributed by atoms with van der Waals surface area (Å²) in [5.74, 6) is -1.90. The minimum absolute atomic E-state index is 0.227. The van der Waals surface area contributed by atoms with Gasteiger partial charge in [0.2, 0.25) is 5.91 Å². The summed E-state index contributed by atoms with van der Waals surface area (Å²) in [4.78, 5) is 38.0. The first-order valence-electron chi connectivity index (χ1n) is 8.11. The molecule has 0 saturated carbocycles. The molecule has 0 aliphatic carbocycles. The number of amides is 3. The Morgan fingerprint density at radius 3 is 2.17 bits per heavy atom. The Morgan fingerprint density at radius 1 is 1.22 bits per heavy atom. The Morgan fingerprint density at radius 2 is 1.74 bits per heavy atom. The number of aliphatic hydroxyl groups is 1. The first-order chi connectivity index (χ1) is 10.8. The van der Waals surface area contributed by atoms with Crippen LogP contribution in [0, 0.1) is 0 Å². The van der Waals surface area contributed by atoms with Gasteiger partial charge in [-0.1, -0.05) is 13.8 Å². The van der Waals surface area contributed by atoms with Crippen LogP contribution in [0.25, 0.3) is 0 Å². The van der Waals surface area contributed by atoms with Crippen LogP contribution in [0.3, 0.4) is 0 Å². The molecule has 4 N–H and O–H groups in total. The molecule has 3 amide bonds. The van der Waals surface area contributed by atoms with E-state index in [1.807, 2.05) is 0 Å². The Hall–Kier alpha value is -1.67. The van der Waals surface area contributed by atoms with Gasteiger partial charge in [0, 0.05) is 20.1 Å². The minimum Gasteiger partial charge on any atom is -0.380 e. The molecule has 1 rings (SSSR count). The SMILES string of the molecule is CCC(O)(CC)C(=O)NN(C)C(C(N)=O)C(=O)N1CCCCC1. The molecule has 23 heavy (non-hydrogen) atoms. The van der Waals surface area contributed by atoms with E-state index < -0.39 is 29.4 Å². The van der Waals surface area contributed by atoms with E-state index in [1.165, 1.54) is 7.05 Å². The lowest BCUT2D eigenvalue weighted by Gasteiger charge is -2.34. The number of hydrogen-bond donors (Lipinski definition) is 3. The molecule has 0 radical (unpaired) electrons. The van der Waals surface area contributed by atoms with Gasteiger partial charge in [-0.25, -0.2) is 5.01 Å². The molecule has 1 aliphatic heterocycles. The molecule has 1 saturated heterocycles. The van der Waals surface area contributed by atoms with Crippen LogP contribution in [-0.4, -0.2) is 64.5 Å². The highest BCUT2D eigenvalue weighted by molar-refractivity contribution is 6.04. The smallest absolute Gasteiger partial charge is 0.266 e. The van der Waals surface area contributed by atoms with Crippen LogP contribution in [-0.2, 0) is 14.4 Å². The Kier molecular flexibility index (Phi) is 6.96. The van der Waals surface area contributed by atoms with Crippen molar-refractivity contribution in [2.75, 3.05) is 20.1 Å². The van der Waals surface area contributed by atoms with Gasteiger partial charge in [0.1, 0.15) is 5.60 Å². The monoisotopic (exact) mass is 328 g/mol. The maximum atomic E-state index is 12.5. The van der Waals surface area contributed by atoms with Gasteiger partial charge in [0.15, 0.2) is 6.04 Å². The van der Waals surface area contributed by atoms with Gasteiger partial charge in [-0.2, -0.15) is 0 Å². The molecule has 0 aromatic rings. The number of nitrogens with two attached hydrogens (primary N) is 1. The zero-order valence-electron chi connectivity index (χ0n) is 14.2. The fraction of sp³-hybridized carbons (Fsp3) is 0.800. The average molecular weight is 328 g/mol. The Labute approximate surface area is 137 Å². The van der Waals surface area contributed by atoms with Gasteiger partial charge in [0.05, 0.1) is 0 Å². The number of primary amides is 1. The number of carbonyl (C=O) groups is 3. The van der Waals surface area contributed by atoms with Crippen molar-refractivity contribution in [2.24, 2.45) is 5.73 Å². The molecular weight excluding hydrogens is 300 g/mol. The van der Waals surface area contributed by atoms with Crippen LogP contribution in [0.1, 0.15) is 46.0 Å². The fourth-order valence-corrected chi connectivity index (χ4v) is 2.67. The van der Waals surface area contributed by atoms with E-state index in [0.29, 0.717) is 13.1 Å². The summed E-state index contributed by atoms with van der Waals surface area (Å²) in [7, 11) is 1.40. The summed E-state index contributed by atoms with van der Waals surface area (Å²) in [5.41, 5.74) is 6.24. The second-order valence-electron chi connectivity index (χ2n) is 5.98. The van der Waals surface area contributed by atoms with Gasteiger partial charge >= 0.3 is 0 Å². The third-order valence-electron chi connectivity index (χ3n) is 4.43. The summed E-state index contributed by atoms with van der Waals surface area (Å²) < 4.78 is 0. The summed E-state index contributed by atoms with van der Waals surface area (Å²) >= 11 is 0.